The molecule has 202 valence electrons. The summed E-state index contributed by atoms with van der Waals surface area (Å²) in [4.78, 5) is 52.9. The molecule has 0 fully saturated rings. The van der Waals surface area contributed by atoms with E-state index in [1.165, 1.54) is 4.90 Å². The van der Waals surface area contributed by atoms with Crippen molar-refractivity contribution >= 4 is 36.5 Å². The first-order chi connectivity index (χ1) is 16.8. The van der Waals surface area contributed by atoms with Gasteiger partial charge in [-0.2, -0.15) is 12.6 Å². The predicted octanol–water partition coefficient (Wildman–Crippen LogP) is 3.56. The molecular weight excluding hydrogens is 482 g/mol. The first-order valence-corrected chi connectivity index (χ1v) is 12.9. The van der Waals surface area contributed by atoms with Crippen LogP contribution in [0, 0.1) is 6.92 Å². The van der Waals surface area contributed by atoms with E-state index < -0.39 is 41.6 Å². The molecule has 3 atom stereocenters. The molecule has 0 saturated carbocycles. The normalized spacial score (nSPS) is 13.7. The van der Waals surface area contributed by atoms with E-state index in [1.54, 1.807) is 39.8 Å². The van der Waals surface area contributed by atoms with Crippen LogP contribution in [-0.4, -0.2) is 65.4 Å². The molecule has 0 aliphatic heterocycles. The molecule has 2 N–H and O–H groups in total. The second kappa shape index (κ2) is 14.7. The Balaban J connectivity index is 3.32. The van der Waals surface area contributed by atoms with Gasteiger partial charge in [0, 0.05) is 18.3 Å². The minimum absolute atomic E-state index is 0.0100. The molecule has 0 heterocycles. The van der Waals surface area contributed by atoms with E-state index in [2.05, 4.69) is 23.3 Å². The van der Waals surface area contributed by atoms with Gasteiger partial charge in [-0.15, -0.1) is 0 Å². The Bertz CT molecular complexity index is 885. The van der Waals surface area contributed by atoms with Crippen molar-refractivity contribution in [3.8, 4) is 0 Å². The molecule has 3 unspecified atom stereocenters. The summed E-state index contributed by atoms with van der Waals surface area (Å²) in [5.74, 6) is -1.31. The molecule has 1 aromatic rings. The first-order valence-electron chi connectivity index (χ1n) is 12.3. The summed E-state index contributed by atoms with van der Waals surface area (Å²) in [7, 11) is 0. The monoisotopic (exact) mass is 523 g/mol. The van der Waals surface area contributed by atoms with Crippen LogP contribution < -0.4 is 10.6 Å². The average Bonchev–Trinajstić information content (AvgIpc) is 2.79. The van der Waals surface area contributed by atoms with Crippen LogP contribution >= 0.6 is 12.6 Å². The zero-order chi connectivity index (χ0) is 27.5. The van der Waals surface area contributed by atoms with Gasteiger partial charge in [0.1, 0.15) is 17.7 Å². The lowest BCUT2D eigenvalue weighted by molar-refractivity contribution is -0.145. The Morgan fingerprint density at radius 2 is 1.69 bits per heavy atom. The number of rotatable bonds is 12. The number of carbonyl (C=O) groups excluding carboxylic acids is 4. The molecule has 1 aromatic carbocycles. The van der Waals surface area contributed by atoms with Gasteiger partial charge in [-0.3, -0.25) is 14.4 Å². The van der Waals surface area contributed by atoms with Crippen molar-refractivity contribution in [1.82, 2.24) is 15.5 Å². The van der Waals surface area contributed by atoms with Gasteiger partial charge in [0.15, 0.2) is 0 Å². The van der Waals surface area contributed by atoms with Crippen LogP contribution in [-0.2, 0) is 23.9 Å². The average molecular weight is 524 g/mol. The van der Waals surface area contributed by atoms with E-state index in [-0.39, 0.29) is 31.4 Å². The number of aryl methyl sites for hydroxylation is 1. The summed E-state index contributed by atoms with van der Waals surface area (Å²) in [6.07, 6.45) is -0.169. The standard InChI is InChI=1S/C26H41N3O6S/c1-8-18(4)29(24(32)20(16-36)28-25(33)35-26(5,6)7)22(19-12-10-17(3)11-13-19)23(31)27-15-14-21(30)34-9-2/h10-13,18,20,22,36H,8-9,14-16H2,1-7H3,(H,27,31)(H,28,33). The largest absolute Gasteiger partial charge is 0.466 e. The lowest BCUT2D eigenvalue weighted by Crippen LogP contribution is -2.56. The van der Waals surface area contributed by atoms with Gasteiger partial charge in [-0.1, -0.05) is 36.8 Å². The zero-order valence-electron chi connectivity index (χ0n) is 22.4. The van der Waals surface area contributed by atoms with Crippen LogP contribution in [0.1, 0.15) is 71.6 Å². The van der Waals surface area contributed by atoms with Crippen LogP contribution in [0.5, 0.6) is 0 Å². The molecule has 9 nitrogen and oxygen atoms in total. The van der Waals surface area contributed by atoms with E-state index in [0.29, 0.717) is 12.0 Å². The topological polar surface area (TPSA) is 114 Å². The summed E-state index contributed by atoms with van der Waals surface area (Å²) in [6.45, 7) is 12.9. The van der Waals surface area contributed by atoms with Crippen molar-refractivity contribution in [2.75, 3.05) is 18.9 Å². The summed E-state index contributed by atoms with van der Waals surface area (Å²) in [5.41, 5.74) is 0.869. The molecule has 0 aromatic heterocycles. The van der Waals surface area contributed by atoms with Gasteiger partial charge in [-0.05, 0) is 53.5 Å². The molecule has 36 heavy (non-hydrogen) atoms. The molecule has 0 saturated heterocycles. The van der Waals surface area contributed by atoms with Crippen LogP contribution in [0.25, 0.3) is 0 Å². The third kappa shape index (κ3) is 10.1. The highest BCUT2D eigenvalue weighted by Crippen LogP contribution is 2.26. The van der Waals surface area contributed by atoms with E-state index in [4.69, 9.17) is 9.47 Å². The maximum Gasteiger partial charge on any atom is 0.408 e. The molecule has 0 aliphatic rings. The third-order valence-corrected chi connectivity index (χ3v) is 5.71. The number of thiol groups is 1. The maximum absolute atomic E-state index is 13.8. The van der Waals surface area contributed by atoms with Crippen LogP contribution in [0.4, 0.5) is 4.79 Å². The molecule has 3 amide bonds. The number of hydrogen-bond acceptors (Lipinski definition) is 7. The van der Waals surface area contributed by atoms with Crippen LogP contribution in [0.3, 0.4) is 0 Å². The number of nitrogens with zero attached hydrogens (tertiary/aromatic N) is 1. The number of benzene rings is 1. The fraction of sp³-hybridized carbons (Fsp3) is 0.615. The van der Waals surface area contributed by atoms with Crippen LogP contribution in [0.15, 0.2) is 24.3 Å². The predicted molar refractivity (Wildman–Crippen MR) is 142 cm³/mol. The van der Waals surface area contributed by atoms with Crippen molar-refractivity contribution in [3.05, 3.63) is 35.4 Å². The zero-order valence-corrected chi connectivity index (χ0v) is 23.3. The Morgan fingerprint density at radius 3 is 2.19 bits per heavy atom. The summed E-state index contributed by atoms with van der Waals surface area (Å²) in [5, 5.41) is 5.35. The van der Waals surface area contributed by atoms with Gasteiger partial charge in [0.05, 0.1) is 13.0 Å². The number of ether oxygens (including phenoxy) is 2. The van der Waals surface area contributed by atoms with Crippen molar-refractivity contribution in [1.29, 1.82) is 0 Å². The fourth-order valence-electron chi connectivity index (χ4n) is 3.42. The number of nitrogens with one attached hydrogen (secondary N) is 2. The molecule has 10 heteroatoms. The Labute approximate surface area is 220 Å². The van der Waals surface area contributed by atoms with Crippen molar-refractivity contribution in [2.45, 2.75) is 85.0 Å². The first kappa shape index (κ1) is 31.3. The molecule has 0 radical (unpaired) electrons. The lowest BCUT2D eigenvalue weighted by atomic mass is 9.99. The van der Waals surface area contributed by atoms with Crippen molar-refractivity contribution in [2.24, 2.45) is 0 Å². The third-order valence-electron chi connectivity index (χ3n) is 5.35. The fourth-order valence-corrected chi connectivity index (χ4v) is 3.66. The number of hydrogen-bond donors (Lipinski definition) is 3. The smallest absolute Gasteiger partial charge is 0.408 e. The Kier molecular flexibility index (Phi) is 12.8. The van der Waals surface area contributed by atoms with E-state index in [9.17, 15) is 19.2 Å². The second-order valence-corrected chi connectivity index (χ2v) is 9.91. The van der Waals surface area contributed by atoms with Gasteiger partial charge in [-0.25, -0.2) is 4.79 Å². The second-order valence-electron chi connectivity index (χ2n) is 9.54. The lowest BCUT2D eigenvalue weighted by Gasteiger charge is -2.38. The molecular formula is C26H41N3O6S. The maximum atomic E-state index is 13.8. The van der Waals surface area contributed by atoms with E-state index >= 15 is 0 Å². The van der Waals surface area contributed by atoms with Crippen molar-refractivity contribution < 1.29 is 28.7 Å². The SMILES string of the molecule is CCOC(=O)CCNC(=O)C(c1ccc(C)cc1)N(C(=O)C(CS)NC(=O)OC(C)(C)C)C(C)CC. The summed E-state index contributed by atoms with van der Waals surface area (Å²) in [6, 6.07) is 4.97. The number of alkyl carbamates (subject to hydrolysis) is 1. The number of amides is 3. The number of carbonyl (C=O) groups is 4. The Morgan fingerprint density at radius 1 is 1.08 bits per heavy atom. The van der Waals surface area contributed by atoms with Crippen molar-refractivity contribution in [3.63, 3.8) is 0 Å². The highest BCUT2D eigenvalue weighted by atomic mass is 32.1. The van der Waals surface area contributed by atoms with Crippen LogP contribution in [0.2, 0.25) is 0 Å². The van der Waals surface area contributed by atoms with E-state index in [0.717, 1.165) is 5.56 Å². The number of esters is 1. The minimum atomic E-state index is -1.02. The quantitative estimate of drug-likeness (QED) is 0.285. The molecule has 0 spiro atoms. The van der Waals surface area contributed by atoms with Gasteiger partial charge >= 0.3 is 12.1 Å². The molecule has 0 aliphatic carbocycles. The molecule has 0 bridgehead atoms. The highest BCUT2D eigenvalue weighted by molar-refractivity contribution is 7.80. The summed E-state index contributed by atoms with van der Waals surface area (Å²) < 4.78 is 10.2. The van der Waals surface area contributed by atoms with E-state index in [1.807, 2.05) is 32.9 Å². The van der Waals surface area contributed by atoms with Gasteiger partial charge in [0.2, 0.25) is 11.8 Å². The van der Waals surface area contributed by atoms with Gasteiger partial charge < -0.3 is 25.0 Å². The minimum Gasteiger partial charge on any atom is -0.466 e. The van der Waals surface area contributed by atoms with Gasteiger partial charge in [0.25, 0.3) is 0 Å². The Hall–Kier alpha value is -2.75. The summed E-state index contributed by atoms with van der Waals surface area (Å²) >= 11 is 4.28. The highest BCUT2D eigenvalue weighted by Gasteiger charge is 2.38. The molecule has 1 rings (SSSR count).